The maximum absolute atomic E-state index is 6.51. The number of hydrogen-bond donors (Lipinski definition) is 1. The smallest absolute Gasteiger partial charge is 0.0101 e. The Hall–Kier alpha value is -0.0400. The molecule has 3 unspecified atom stereocenters. The van der Waals surface area contributed by atoms with Gasteiger partial charge in [0.15, 0.2) is 0 Å². The third-order valence-corrected chi connectivity index (χ3v) is 5.36. The molecule has 0 saturated heterocycles. The van der Waals surface area contributed by atoms with Gasteiger partial charge in [-0.15, -0.1) is 0 Å². The van der Waals surface area contributed by atoms with E-state index in [0.717, 1.165) is 23.7 Å². The van der Waals surface area contributed by atoms with Gasteiger partial charge in [-0.25, -0.2) is 0 Å². The van der Waals surface area contributed by atoms with Crippen molar-refractivity contribution in [3.8, 4) is 0 Å². The second-order valence-electron chi connectivity index (χ2n) is 6.16. The molecular formula is C14H25N. The summed E-state index contributed by atoms with van der Waals surface area (Å²) >= 11 is 0. The topological polar surface area (TPSA) is 26.0 Å². The van der Waals surface area contributed by atoms with Gasteiger partial charge in [0, 0.05) is 6.04 Å². The lowest BCUT2D eigenvalue weighted by atomic mass is 9.82. The molecule has 3 rings (SSSR count). The van der Waals surface area contributed by atoms with Gasteiger partial charge in [0.05, 0.1) is 0 Å². The molecule has 0 aliphatic heterocycles. The van der Waals surface area contributed by atoms with Crippen LogP contribution in [-0.2, 0) is 0 Å². The molecule has 1 nitrogen and oxygen atoms in total. The first kappa shape index (κ1) is 10.1. The summed E-state index contributed by atoms with van der Waals surface area (Å²) in [5.74, 6) is 3.93. The zero-order chi connectivity index (χ0) is 10.3. The van der Waals surface area contributed by atoms with E-state index in [2.05, 4.69) is 0 Å². The average Bonchev–Trinajstić information content (AvgIpc) is 3.03. The van der Waals surface area contributed by atoms with Crippen LogP contribution in [0.25, 0.3) is 0 Å². The van der Waals surface area contributed by atoms with Crippen LogP contribution in [0.2, 0.25) is 0 Å². The predicted molar refractivity (Wildman–Crippen MR) is 63.5 cm³/mol. The molecule has 0 bridgehead atoms. The first-order chi connectivity index (χ1) is 7.38. The van der Waals surface area contributed by atoms with Crippen molar-refractivity contribution in [1.82, 2.24) is 0 Å². The highest BCUT2D eigenvalue weighted by Gasteiger charge is 2.54. The quantitative estimate of drug-likeness (QED) is 0.738. The Balaban J connectivity index is 1.58. The Labute approximate surface area is 93.8 Å². The Morgan fingerprint density at radius 2 is 1.27 bits per heavy atom. The van der Waals surface area contributed by atoms with Crippen molar-refractivity contribution in [2.45, 2.75) is 63.8 Å². The van der Waals surface area contributed by atoms with Gasteiger partial charge in [0.2, 0.25) is 0 Å². The monoisotopic (exact) mass is 207 g/mol. The van der Waals surface area contributed by atoms with Crippen molar-refractivity contribution in [3.05, 3.63) is 0 Å². The minimum absolute atomic E-state index is 0.568. The largest absolute Gasteiger partial charge is 0.327 e. The van der Waals surface area contributed by atoms with Crippen LogP contribution in [0.4, 0.5) is 0 Å². The molecule has 3 fully saturated rings. The maximum Gasteiger partial charge on any atom is 0.0101 e. The summed E-state index contributed by atoms with van der Waals surface area (Å²) in [6.45, 7) is 0. The summed E-state index contributed by atoms with van der Waals surface area (Å²) < 4.78 is 0. The maximum atomic E-state index is 6.51. The van der Waals surface area contributed by atoms with Crippen LogP contribution in [-0.4, -0.2) is 6.04 Å². The summed E-state index contributed by atoms with van der Waals surface area (Å²) in [5, 5.41) is 0. The molecule has 0 aromatic carbocycles. The van der Waals surface area contributed by atoms with E-state index in [9.17, 15) is 0 Å². The standard InChI is InChI=1S/C14H25N/c15-14(10-6-2-1-3-7-10)13-11-8-4-5-9-12(11)13/h10-14H,1-9,15H2. The molecule has 15 heavy (non-hydrogen) atoms. The van der Waals surface area contributed by atoms with Crippen molar-refractivity contribution in [3.63, 3.8) is 0 Å². The molecule has 86 valence electrons. The van der Waals surface area contributed by atoms with Gasteiger partial charge in [-0.2, -0.15) is 0 Å². The van der Waals surface area contributed by atoms with E-state index in [1.807, 2.05) is 0 Å². The molecular weight excluding hydrogens is 182 g/mol. The second kappa shape index (κ2) is 4.08. The third-order valence-electron chi connectivity index (χ3n) is 5.36. The minimum Gasteiger partial charge on any atom is -0.327 e. The van der Waals surface area contributed by atoms with Crippen LogP contribution in [0.1, 0.15) is 57.8 Å². The molecule has 0 aromatic heterocycles. The SMILES string of the molecule is NC(C1CCCCC1)C1C2CCCCC21. The summed E-state index contributed by atoms with van der Waals surface area (Å²) in [5.41, 5.74) is 6.51. The lowest BCUT2D eigenvalue weighted by Crippen LogP contribution is -2.34. The molecule has 3 atom stereocenters. The second-order valence-corrected chi connectivity index (χ2v) is 6.16. The lowest BCUT2D eigenvalue weighted by Gasteiger charge is -2.28. The van der Waals surface area contributed by atoms with E-state index >= 15 is 0 Å². The Bertz CT molecular complexity index is 207. The van der Waals surface area contributed by atoms with Crippen LogP contribution in [0, 0.1) is 23.7 Å². The van der Waals surface area contributed by atoms with Crippen molar-refractivity contribution in [1.29, 1.82) is 0 Å². The van der Waals surface area contributed by atoms with Crippen LogP contribution >= 0.6 is 0 Å². The van der Waals surface area contributed by atoms with E-state index in [1.165, 1.54) is 57.8 Å². The highest BCUT2D eigenvalue weighted by molar-refractivity contribution is 5.05. The van der Waals surface area contributed by atoms with Crippen molar-refractivity contribution >= 4 is 0 Å². The minimum atomic E-state index is 0.568. The molecule has 3 saturated carbocycles. The fourth-order valence-electron chi connectivity index (χ4n) is 4.45. The van der Waals surface area contributed by atoms with Gasteiger partial charge >= 0.3 is 0 Å². The van der Waals surface area contributed by atoms with E-state index in [4.69, 9.17) is 5.73 Å². The highest BCUT2D eigenvalue weighted by atomic mass is 14.8. The summed E-state index contributed by atoms with van der Waals surface area (Å²) in [6.07, 6.45) is 13.2. The molecule has 0 spiro atoms. The molecule has 2 N–H and O–H groups in total. The van der Waals surface area contributed by atoms with Crippen LogP contribution in [0.3, 0.4) is 0 Å². The molecule has 3 aliphatic rings. The van der Waals surface area contributed by atoms with Crippen LogP contribution in [0.15, 0.2) is 0 Å². The molecule has 0 heterocycles. The molecule has 1 heteroatoms. The first-order valence-electron chi connectivity index (χ1n) is 7.13. The van der Waals surface area contributed by atoms with Crippen LogP contribution < -0.4 is 5.73 Å². The number of fused-ring (bicyclic) bond motifs is 1. The summed E-state index contributed by atoms with van der Waals surface area (Å²) in [4.78, 5) is 0. The summed E-state index contributed by atoms with van der Waals surface area (Å²) in [6, 6.07) is 0.568. The van der Waals surface area contributed by atoms with E-state index in [-0.39, 0.29) is 0 Å². The third kappa shape index (κ3) is 1.84. The van der Waals surface area contributed by atoms with E-state index in [1.54, 1.807) is 0 Å². The molecule has 0 aromatic rings. The van der Waals surface area contributed by atoms with Gasteiger partial charge in [0.25, 0.3) is 0 Å². The zero-order valence-electron chi connectivity index (χ0n) is 9.83. The Kier molecular flexibility index (Phi) is 2.76. The van der Waals surface area contributed by atoms with E-state index in [0.29, 0.717) is 6.04 Å². The molecule has 3 aliphatic carbocycles. The van der Waals surface area contributed by atoms with Gasteiger partial charge in [-0.3, -0.25) is 0 Å². The number of hydrogen-bond acceptors (Lipinski definition) is 1. The number of rotatable bonds is 2. The lowest BCUT2D eigenvalue weighted by molar-refractivity contribution is 0.275. The first-order valence-corrected chi connectivity index (χ1v) is 7.13. The summed E-state index contributed by atoms with van der Waals surface area (Å²) in [7, 11) is 0. The van der Waals surface area contributed by atoms with Crippen LogP contribution in [0.5, 0.6) is 0 Å². The van der Waals surface area contributed by atoms with Gasteiger partial charge < -0.3 is 5.73 Å². The van der Waals surface area contributed by atoms with Crippen molar-refractivity contribution < 1.29 is 0 Å². The van der Waals surface area contributed by atoms with Crippen molar-refractivity contribution in [2.24, 2.45) is 29.4 Å². The Morgan fingerprint density at radius 3 is 1.87 bits per heavy atom. The van der Waals surface area contributed by atoms with Crippen molar-refractivity contribution in [2.75, 3.05) is 0 Å². The fourth-order valence-corrected chi connectivity index (χ4v) is 4.45. The predicted octanol–water partition coefficient (Wildman–Crippen LogP) is 3.33. The normalized spacial score (nSPS) is 43.4. The average molecular weight is 207 g/mol. The molecule has 0 amide bonds. The van der Waals surface area contributed by atoms with Gasteiger partial charge in [-0.1, -0.05) is 32.1 Å². The van der Waals surface area contributed by atoms with Gasteiger partial charge in [-0.05, 0) is 49.4 Å². The highest BCUT2D eigenvalue weighted by Crippen LogP contribution is 2.58. The molecule has 0 radical (unpaired) electrons. The van der Waals surface area contributed by atoms with Gasteiger partial charge in [0.1, 0.15) is 0 Å². The zero-order valence-corrected chi connectivity index (χ0v) is 9.83. The van der Waals surface area contributed by atoms with E-state index < -0.39 is 0 Å². The fraction of sp³-hybridized carbons (Fsp3) is 1.00. The Morgan fingerprint density at radius 1 is 0.733 bits per heavy atom. The number of nitrogens with two attached hydrogens (primary N) is 1.